The molecule has 0 radical (unpaired) electrons. The number of ether oxygens (including phenoxy) is 19. The third kappa shape index (κ3) is 26.5. The first-order valence-electron chi connectivity index (χ1n) is 41.8. The Bertz CT molecular complexity index is 5120. The Morgan fingerprint density at radius 1 is 0.310 bits per heavy atom. The maximum absolute atomic E-state index is 15.6. The summed E-state index contributed by atoms with van der Waals surface area (Å²) in [5.74, 6) is -5.14. The molecule has 4 saturated heterocycles. The lowest BCUT2D eigenvalue weighted by Crippen LogP contribution is -2.69. The molecule has 1 amide bonds. The van der Waals surface area contributed by atoms with E-state index >= 15 is 19.2 Å². The largest absolute Gasteiger partial charge is 0.459 e. The average Bonchev–Trinajstić information content (AvgIpc) is 0.765. The first kappa shape index (κ1) is 94.2. The molecule has 0 aromatic heterocycles. The molecule has 0 aliphatic carbocycles. The molecule has 4 aliphatic heterocycles. The van der Waals surface area contributed by atoms with Crippen molar-refractivity contribution >= 4 is 70.7 Å². The number of hydrogen-bond acceptors (Lipinski definition) is 27. The molecule has 676 valence electrons. The van der Waals surface area contributed by atoms with E-state index in [1.807, 2.05) is 152 Å². The van der Waals surface area contributed by atoms with Crippen LogP contribution in [0.15, 0.2) is 303 Å². The van der Waals surface area contributed by atoms with Gasteiger partial charge in [-0.3, -0.25) is 0 Å². The van der Waals surface area contributed by atoms with E-state index in [1.54, 1.807) is 91.0 Å². The molecule has 0 saturated carbocycles. The number of hydrogen-bond donors (Lipinski definition) is 3. The lowest BCUT2D eigenvalue weighted by atomic mass is 9.94. The van der Waals surface area contributed by atoms with Gasteiger partial charge in [0.15, 0.2) is 49.6 Å². The van der Waals surface area contributed by atoms with Crippen molar-refractivity contribution in [2.45, 2.75) is 160 Å². The minimum atomic E-state index is -2.25. The van der Waals surface area contributed by atoms with Crippen molar-refractivity contribution in [3.63, 3.8) is 0 Å². The maximum Gasteiger partial charge on any atom is 0.407 e. The first-order chi connectivity index (χ1) is 62.9. The molecule has 3 N–H and O–H groups in total. The summed E-state index contributed by atoms with van der Waals surface area (Å²) in [6.07, 6.45) is -34.3. The van der Waals surface area contributed by atoms with Crippen LogP contribution in [0.1, 0.15) is 79.6 Å². The van der Waals surface area contributed by atoms with Gasteiger partial charge in [0.05, 0.1) is 80.7 Å². The number of methoxy groups -OCH3 is 1. The van der Waals surface area contributed by atoms with E-state index in [9.17, 15) is 19.8 Å². The number of aliphatic hydroxyl groups excluding tert-OH is 2. The van der Waals surface area contributed by atoms with E-state index in [0.717, 1.165) is 22.3 Å². The van der Waals surface area contributed by atoms with Gasteiger partial charge in [-0.15, -0.1) is 0 Å². The van der Waals surface area contributed by atoms with Gasteiger partial charge in [-0.05, 0) is 88.5 Å². The molecule has 0 spiro atoms. The molecule has 10 aromatic carbocycles. The van der Waals surface area contributed by atoms with Crippen LogP contribution in [-0.4, -0.2) is 213 Å². The van der Waals surface area contributed by atoms with Crippen LogP contribution < -0.4 is 5.32 Å². The summed E-state index contributed by atoms with van der Waals surface area (Å²) in [7, 11) is 1.24. The topological polar surface area (TPSA) is 330 Å². The van der Waals surface area contributed by atoms with Gasteiger partial charge in [0.2, 0.25) is 3.79 Å². The van der Waals surface area contributed by atoms with Crippen LogP contribution >= 0.6 is 34.8 Å². The van der Waals surface area contributed by atoms with Crippen molar-refractivity contribution < 1.29 is 129 Å². The lowest BCUT2D eigenvalue weighted by molar-refractivity contribution is -0.369. The number of esters is 5. The highest BCUT2D eigenvalue weighted by Crippen LogP contribution is 2.40. The number of rotatable bonds is 38. The minimum absolute atomic E-state index is 0.00508. The predicted octanol–water partition coefficient (Wildman–Crippen LogP) is 13.5. The van der Waals surface area contributed by atoms with Gasteiger partial charge in [0, 0.05) is 7.11 Å². The summed E-state index contributed by atoms with van der Waals surface area (Å²) in [5.41, 5.74) is 3.68. The quantitative estimate of drug-likeness (QED) is 0.0184. The van der Waals surface area contributed by atoms with Crippen LogP contribution in [0.4, 0.5) is 4.79 Å². The summed E-state index contributed by atoms with van der Waals surface area (Å²) in [6.45, 7) is -3.29. The summed E-state index contributed by atoms with van der Waals surface area (Å²) in [6, 6.07) is 83.1. The van der Waals surface area contributed by atoms with Crippen LogP contribution in [0.25, 0.3) is 0 Å². The molecule has 129 heavy (non-hydrogen) atoms. The fraction of sp³-hybridized carbons (Fsp3) is 0.327. The molecule has 28 nitrogen and oxygen atoms in total. The van der Waals surface area contributed by atoms with Crippen molar-refractivity contribution in [1.82, 2.24) is 5.32 Å². The Hall–Kier alpha value is -10.9. The standard InChI is InChI=1S/C98H96Cl3NO27/c1-111-94-78(104)77(103)79(72(121-94)57-112-52-62-32-12-2-13-33-62)128-96-87(127-92(109)71-50-30-11-31-51-71)85(126-91(108)70-48-28-10-29-49-70)82(124-89(106)68-44-24-8-25-45-68)75(123-96)60-118-93-76(102-97(110)119-61-98(99,100)101)83(125-90(107)69-46-26-9-27-47-69)81(74(120-93)59-117-88(105)67-42-22-7-23-43-67)129-95-86(116-56-66-40-20-6-21-41-66)84(115-55-65-38-18-5-19-39-65)80(114-54-64-36-16-4-17-37-64)73(122-95)58-113-53-63-34-14-3-15-35-63/h2-51,72-87,93-96,103-104H,52-61H2,1H3,(H,102,110). The molecule has 4 fully saturated rings. The van der Waals surface area contributed by atoms with Crippen molar-refractivity contribution in [2.75, 3.05) is 40.1 Å². The molecule has 20 atom stereocenters. The second-order valence-corrected chi connectivity index (χ2v) is 33.0. The van der Waals surface area contributed by atoms with Crippen LogP contribution in [0.2, 0.25) is 0 Å². The number of aliphatic hydroxyl groups is 2. The molecule has 0 bridgehead atoms. The molecular formula is C98H96Cl3NO27. The molecular weight excluding hydrogens is 1730 g/mol. The van der Waals surface area contributed by atoms with Crippen molar-refractivity contribution in [1.29, 1.82) is 0 Å². The van der Waals surface area contributed by atoms with E-state index in [2.05, 4.69) is 5.32 Å². The number of carbonyl (C=O) groups excluding carboxylic acids is 6. The van der Waals surface area contributed by atoms with Crippen LogP contribution in [0.5, 0.6) is 0 Å². The molecule has 31 heteroatoms. The Morgan fingerprint density at radius 3 is 1.06 bits per heavy atom. The lowest BCUT2D eigenvalue weighted by Gasteiger charge is -2.50. The van der Waals surface area contributed by atoms with Crippen molar-refractivity contribution in [2.24, 2.45) is 0 Å². The average molecular weight is 1830 g/mol. The van der Waals surface area contributed by atoms with Gasteiger partial charge in [-0.1, -0.05) is 277 Å². The molecule has 10 aromatic rings. The molecule has 4 aliphatic rings. The third-order valence-electron chi connectivity index (χ3n) is 21.4. The van der Waals surface area contributed by atoms with Gasteiger partial charge in [-0.25, -0.2) is 28.8 Å². The summed E-state index contributed by atoms with van der Waals surface area (Å²) < 4.78 is 125. The number of alkyl halides is 3. The van der Waals surface area contributed by atoms with E-state index in [0.29, 0.717) is 5.56 Å². The monoisotopic (exact) mass is 1820 g/mol. The van der Waals surface area contributed by atoms with E-state index < -0.39 is 182 Å². The number of halogens is 3. The van der Waals surface area contributed by atoms with E-state index in [1.165, 1.54) is 67.8 Å². The maximum atomic E-state index is 15.6. The summed E-state index contributed by atoms with van der Waals surface area (Å²) in [5, 5.41) is 27.0. The van der Waals surface area contributed by atoms with Crippen LogP contribution in [0.3, 0.4) is 0 Å². The summed E-state index contributed by atoms with van der Waals surface area (Å²) >= 11 is 18.9. The molecule has 4 heterocycles. The van der Waals surface area contributed by atoms with Gasteiger partial charge in [-0.2, -0.15) is 0 Å². The second-order valence-electron chi connectivity index (χ2n) is 30.5. The van der Waals surface area contributed by atoms with Gasteiger partial charge in [0.1, 0.15) is 86.4 Å². The normalized spacial score (nSPS) is 25.6. The minimum Gasteiger partial charge on any atom is -0.459 e. The van der Waals surface area contributed by atoms with E-state index in [4.69, 9.17) is 125 Å². The predicted molar refractivity (Wildman–Crippen MR) is 464 cm³/mol. The van der Waals surface area contributed by atoms with Gasteiger partial charge in [0.25, 0.3) is 0 Å². The smallest absolute Gasteiger partial charge is 0.407 e. The zero-order valence-corrected chi connectivity index (χ0v) is 72.0. The Kier molecular flexibility index (Phi) is 34.4. The van der Waals surface area contributed by atoms with Crippen LogP contribution in [-0.2, 0) is 123 Å². The zero-order valence-electron chi connectivity index (χ0n) is 69.7. The fourth-order valence-corrected chi connectivity index (χ4v) is 15.2. The Balaban J connectivity index is 0.917. The highest BCUT2D eigenvalue weighted by Gasteiger charge is 2.60. The SMILES string of the molecule is COC1OC(COCc2ccccc2)C(OC2OC(COC3OC(COC(=O)c4ccccc4)C(OC4OC(COCc5ccccc5)C(OCc5ccccc5)C(OCc5ccccc5)C4OCc4ccccc4)C(OC(=O)c4ccccc4)C3NC(=O)OCC(Cl)(Cl)Cl)C(OC(=O)c3ccccc3)C(OC(=O)c3ccccc3)C2OC(=O)c2ccccc2)C(O)C1O. The fourth-order valence-electron chi connectivity index (χ4n) is 15.0. The number of nitrogens with one attached hydrogen (secondary N) is 1. The van der Waals surface area contributed by atoms with E-state index in [-0.39, 0.29) is 74.1 Å². The number of alkyl carbamates (subject to hydrolysis) is 1. The zero-order chi connectivity index (χ0) is 89.9. The highest BCUT2D eigenvalue weighted by molar-refractivity contribution is 6.67. The van der Waals surface area contributed by atoms with Crippen LogP contribution in [0, 0.1) is 0 Å². The number of amides is 1. The number of benzene rings is 10. The van der Waals surface area contributed by atoms with Gasteiger partial charge < -0.3 is 106 Å². The summed E-state index contributed by atoms with van der Waals surface area (Å²) in [4.78, 5) is 90.7. The molecule has 14 rings (SSSR count). The first-order valence-corrected chi connectivity index (χ1v) is 42.9. The number of carbonyl (C=O) groups is 6. The Labute approximate surface area is 759 Å². The second kappa shape index (κ2) is 47.1. The highest BCUT2D eigenvalue weighted by atomic mass is 35.6. The Morgan fingerprint density at radius 2 is 0.636 bits per heavy atom. The molecule has 20 unspecified atom stereocenters. The van der Waals surface area contributed by atoms with Crippen molar-refractivity contribution in [3.8, 4) is 0 Å². The van der Waals surface area contributed by atoms with Gasteiger partial charge >= 0.3 is 35.9 Å². The third-order valence-corrected chi connectivity index (χ3v) is 21.7. The van der Waals surface area contributed by atoms with Crippen molar-refractivity contribution in [3.05, 3.63) is 359 Å².